The van der Waals surface area contributed by atoms with Gasteiger partial charge in [0, 0.05) is 17.1 Å². The second kappa shape index (κ2) is 7.78. The molecule has 0 aliphatic heterocycles. The van der Waals surface area contributed by atoms with Crippen LogP contribution in [-0.4, -0.2) is 6.54 Å². The van der Waals surface area contributed by atoms with E-state index in [9.17, 15) is 4.39 Å². The van der Waals surface area contributed by atoms with Gasteiger partial charge in [-0.2, -0.15) is 0 Å². The lowest BCUT2D eigenvalue weighted by Crippen LogP contribution is -2.13. The number of rotatable bonds is 6. The molecule has 0 atom stereocenters. The predicted molar refractivity (Wildman–Crippen MR) is 87.3 cm³/mol. The summed E-state index contributed by atoms with van der Waals surface area (Å²) >= 11 is 9.19. The van der Waals surface area contributed by atoms with Crippen molar-refractivity contribution in [3.8, 4) is 5.75 Å². The molecule has 0 bridgehead atoms. The fraction of sp³-hybridized carbons (Fsp3) is 0.250. The molecule has 2 aromatic carbocycles. The van der Waals surface area contributed by atoms with Gasteiger partial charge < -0.3 is 10.1 Å². The topological polar surface area (TPSA) is 21.3 Å². The Hall–Kier alpha value is -1.10. The van der Waals surface area contributed by atoms with Crippen molar-refractivity contribution in [1.29, 1.82) is 0 Å². The molecule has 0 unspecified atom stereocenters. The van der Waals surface area contributed by atoms with Crippen molar-refractivity contribution in [2.24, 2.45) is 0 Å². The molecule has 0 heterocycles. The fourth-order valence-corrected chi connectivity index (χ4v) is 2.50. The van der Waals surface area contributed by atoms with Gasteiger partial charge in [-0.3, -0.25) is 0 Å². The van der Waals surface area contributed by atoms with Crippen LogP contribution in [0.25, 0.3) is 0 Å². The first-order chi connectivity index (χ1) is 10.1. The van der Waals surface area contributed by atoms with E-state index in [2.05, 4.69) is 21.2 Å². The van der Waals surface area contributed by atoms with Crippen molar-refractivity contribution >= 4 is 27.5 Å². The quantitative estimate of drug-likeness (QED) is 0.776. The highest BCUT2D eigenvalue weighted by Crippen LogP contribution is 2.24. The molecule has 5 heteroatoms. The predicted octanol–water partition coefficient (Wildman–Crippen LogP) is 4.93. The molecule has 0 aliphatic rings. The largest absolute Gasteiger partial charge is 0.489 e. The molecular formula is C16H16BrClFNO. The van der Waals surface area contributed by atoms with Gasteiger partial charge in [-0.05, 0) is 58.4 Å². The van der Waals surface area contributed by atoms with Gasteiger partial charge in [0.2, 0.25) is 0 Å². The van der Waals surface area contributed by atoms with Gasteiger partial charge in [0.15, 0.2) is 0 Å². The first-order valence-electron chi connectivity index (χ1n) is 6.66. The SMILES string of the molecule is CCNCc1cc(Cl)ccc1OCc1ccc(F)c(Br)c1. The lowest BCUT2D eigenvalue weighted by molar-refractivity contribution is 0.302. The maximum absolute atomic E-state index is 13.2. The zero-order valence-electron chi connectivity index (χ0n) is 11.6. The molecule has 2 aromatic rings. The average Bonchev–Trinajstić information content (AvgIpc) is 2.47. The van der Waals surface area contributed by atoms with Crippen molar-refractivity contribution in [3.63, 3.8) is 0 Å². The molecule has 0 aromatic heterocycles. The monoisotopic (exact) mass is 371 g/mol. The molecule has 0 radical (unpaired) electrons. The van der Waals surface area contributed by atoms with Crippen LogP contribution in [0.2, 0.25) is 5.02 Å². The summed E-state index contributed by atoms with van der Waals surface area (Å²) < 4.78 is 19.5. The minimum Gasteiger partial charge on any atom is -0.489 e. The summed E-state index contributed by atoms with van der Waals surface area (Å²) in [7, 11) is 0. The highest BCUT2D eigenvalue weighted by molar-refractivity contribution is 9.10. The third-order valence-electron chi connectivity index (χ3n) is 2.97. The second-order valence-electron chi connectivity index (χ2n) is 4.57. The van der Waals surface area contributed by atoms with E-state index in [-0.39, 0.29) is 5.82 Å². The van der Waals surface area contributed by atoms with E-state index >= 15 is 0 Å². The standard InChI is InChI=1S/C16H16BrClFNO/c1-2-20-9-12-8-13(18)4-6-16(12)21-10-11-3-5-15(19)14(17)7-11/h3-8,20H,2,9-10H2,1H3. The minimum atomic E-state index is -0.280. The lowest BCUT2D eigenvalue weighted by atomic mass is 10.2. The molecular weight excluding hydrogens is 357 g/mol. The van der Waals surface area contributed by atoms with E-state index in [1.807, 2.05) is 19.1 Å². The van der Waals surface area contributed by atoms with Crippen LogP contribution in [0.1, 0.15) is 18.1 Å². The van der Waals surface area contributed by atoms with E-state index in [0.717, 1.165) is 23.4 Å². The maximum atomic E-state index is 13.2. The molecule has 1 N–H and O–H groups in total. The third kappa shape index (κ3) is 4.70. The summed E-state index contributed by atoms with van der Waals surface area (Å²) in [5.41, 5.74) is 1.90. The molecule has 0 amide bonds. The van der Waals surface area contributed by atoms with Crippen LogP contribution in [-0.2, 0) is 13.2 Å². The molecule has 0 saturated carbocycles. The number of hydrogen-bond acceptors (Lipinski definition) is 2. The zero-order valence-corrected chi connectivity index (χ0v) is 14.0. The van der Waals surface area contributed by atoms with Gasteiger partial charge in [0.25, 0.3) is 0 Å². The number of halogens is 3. The summed E-state index contributed by atoms with van der Waals surface area (Å²) in [4.78, 5) is 0. The summed E-state index contributed by atoms with van der Waals surface area (Å²) in [5, 5.41) is 3.93. The van der Waals surface area contributed by atoms with E-state index in [1.54, 1.807) is 18.2 Å². The molecule has 0 fully saturated rings. The Morgan fingerprint density at radius 1 is 1.24 bits per heavy atom. The second-order valence-corrected chi connectivity index (χ2v) is 5.86. The number of hydrogen-bond donors (Lipinski definition) is 1. The summed E-state index contributed by atoms with van der Waals surface area (Å²) in [5.74, 6) is 0.499. The first-order valence-corrected chi connectivity index (χ1v) is 7.83. The van der Waals surface area contributed by atoms with Gasteiger partial charge in [0.1, 0.15) is 18.2 Å². The van der Waals surface area contributed by atoms with Crippen molar-refractivity contribution in [2.75, 3.05) is 6.54 Å². The van der Waals surface area contributed by atoms with Gasteiger partial charge >= 0.3 is 0 Å². The number of nitrogens with one attached hydrogen (secondary N) is 1. The first kappa shape index (κ1) is 16.3. The van der Waals surface area contributed by atoms with E-state index in [1.165, 1.54) is 6.07 Å². The molecule has 112 valence electrons. The van der Waals surface area contributed by atoms with Crippen LogP contribution in [0.4, 0.5) is 4.39 Å². The highest BCUT2D eigenvalue weighted by Gasteiger charge is 2.06. The Morgan fingerprint density at radius 3 is 2.76 bits per heavy atom. The molecule has 0 spiro atoms. The number of benzene rings is 2. The highest BCUT2D eigenvalue weighted by atomic mass is 79.9. The smallest absolute Gasteiger partial charge is 0.137 e. The van der Waals surface area contributed by atoms with Crippen LogP contribution in [0, 0.1) is 5.82 Å². The Labute approximate surface area is 137 Å². The molecule has 21 heavy (non-hydrogen) atoms. The van der Waals surface area contributed by atoms with Gasteiger partial charge in [-0.15, -0.1) is 0 Å². The minimum absolute atomic E-state index is 0.280. The summed E-state index contributed by atoms with van der Waals surface area (Å²) in [6.07, 6.45) is 0. The molecule has 0 saturated heterocycles. The van der Waals surface area contributed by atoms with Crippen LogP contribution >= 0.6 is 27.5 Å². The van der Waals surface area contributed by atoms with E-state index in [4.69, 9.17) is 16.3 Å². The van der Waals surface area contributed by atoms with Crippen molar-refractivity contribution < 1.29 is 9.13 Å². The zero-order chi connectivity index (χ0) is 15.2. The van der Waals surface area contributed by atoms with Crippen LogP contribution in [0.15, 0.2) is 40.9 Å². The van der Waals surface area contributed by atoms with Crippen LogP contribution in [0.3, 0.4) is 0 Å². The van der Waals surface area contributed by atoms with Crippen LogP contribution in [0.5, 0.6) is 5.75 Å². The Bertz CT molecular complexity index is 621. The maximum Gasteiger partial charge on any atom is 0.137 e. The van der Waals surface area contributed by atoms with Gasteiger partial charge in [0.05, 0.1) is 4.47 Å². The van der Waals surface area contributed by atoms with Crippen molar-refractivity contribution in [1.82, 2.24) is 5.32 Å². The van der Waals surface area contributed by atoms with Crippen LogP contribution < -0.4 is 10.1 Å². The Morgan fingerprint density at radius 2 is 2.05 bits per heavy atom. The van der Waals surface area contributed by atoms with E-state index < -0.39 is 0 Å². The summed E-state index contributed by atoms with van der Waals surface area (Å²) in [6.45, 7) is 3.98. The number of ether oxygens (including phenoxy) is 1. The van der Waals surface area contributed by atoms with Gasteiger partial charge in [-0.1, -0.05) is 24.6 Å². The van der Waals surface area contributed by atoms with E-state index in [0.29, 0.717) is 22.6 Å². The molecule has 2 nitrogen and oxygen atoms in total. The van der Waals surface area contributed by atoms with Crippen molar-refractivity contribution in [3.05, 3.63) is 62.8 Å². The average molecular weight is 373 g/mol. The van der Waals surface area contributed by atoms with Gasteiger partial charge in [-0.25, -0.2) is 4.39 Å². The normalized spacial score (nSPS) is 10.7. The summed E-state index contributed by atoms with van der Waals surface area (Å²) in [6, 6.07) is 10.4. The Kier molecular flexibility index (Phi) is 6.03. The molecule has 2 rings (SSSR count). The third-order valence-corrected chi connectivity index (χ3v) is 3.81. The Balaban J connectivity index is 2.09. The lowest BCUT2D eigenvalue weighted by Gasteiger charge is -2.12. The molecule has 0 aliphatic carbocycles. The van der Waals surface area contributed by atoms with Crippen molar-refractivity contribution in [2.45, 2.75) is 20.1 Å². The fourth-order valence-electron chi connectivity index (χ4n) is 1.88.